The van der Waals surface area contributed by atoms with Crippen molar-refractivity contribution in [3.8, 4) is 0 Å². The largest absolute Gasteiger partial charge is 0.374 e. The molecule has 0 saturated heterocycles. The van der Waals surface area contributed by atoms with E-state index < -0.39 is 10.8 Å². The van der Waals surface area contributed by atoms with Gasteiger partial charge in [0.15, 0.2) is 0 Å². The van der Waals surface area contributed by atoms with Gasteiger partial charge in [-0.3, -0.25) is 9.19 Å². The van der Waals surface area contributed by atoms with E-state index in [0.717, 1.165) is 16.6 Å². The summed E-state index contributed by atoms with van der Waals surface area (Å²) in [5.74, 6) is 0.474. The zero-order valence-electron chi connectivity index (χ0n) is 9.92. The van der Waals surface area contributed by atoms with Gasteiger partial charge in [-0.15, -0.1) is 0 Å². The molecule has 2 atom stereocenters. The number of pyridine rings is 1. The first kappa shape index (κ1) is 12.2. The minimum Gasteiger partial charge on any atom is -0.374 e. The Bertz CT molecular complexity index is 542. The minimum absolute atomic E-state index is 0.203. The van der Waals surface area contributed by atoms with Gasteiger partial charge in [-0.1, -0.05) is 24.3 Å². The van der Waals surface area contributed by atoms with Crippen molar-refractivity contribution in [2.24, 2.45) is 0 Å². The van der Waals surface area contributed by atoms with Gasteiger partial charge in [0.05, 0.1) is 17.0 Å². The zero-order valence-corrected chi connectivity index (χ0v) is 10.7. The summed E-state index contributed by atoms with van der Waals surface area (Å²) < 4.78 is 16.6. The Morgan fingerprint density at radius 2 is 2.06 bits per heavy atom. The third-order valence-corrected chi connectivity index (χ3v) is 3.39. The molecule has 4 heteroatoms. The van der Waals surface area contributed by atoms with Gasteiger partial charge < -0.3 is 4.74 Å². The molecule has 2 rings (SSSR count). The molecule has 0 unspecified atom stereocenters. The summed E-state index contributed by atoms with van der Waals surface area (Å²) in [5.41, 5.74) is 1.77. The lowest BCUT2D eigenvalue weighted by Gasteiger charge is -2.13. The van der Waals surface area contributed by atoms with Crippen LogP contribution in [0.25, 0.3) is 10.9 Å². The molecule has 1 aromatic carbocycles. The Morgan fingerprint density at radius 3 is 2.76 bits per heavy atom. The normalized spacial score (nSPS) is 14.7. The highest BCUT2D eigenvalue weighted by Crippen LogP contribution is 2.19. The Hall–Kier alpha value is -1.26. The number of benzene rings is 1. The average Bonchev–Trinajstić information content (AvgIpc) is 2.35. The maximum atomic E-state index is 11.3. The Labute approximate surface area is 103 Å². The van der Waals surface area contributed by atoms with Gasteiger partial charge in [0.25, 0.3) is 0 Å². The number of ether oxygens (including phenoxy) is 1. The smallest absolute Gasteiger partial charge is 0.111 e. The van der Waals surface area contributed by atoms with Crippen molar-refractivity contribution in [3.63, 3.8) is 0 Å². The molecular formula is C13H15NO2S. The number of rotatable bonds is 4. The van der Waals surface area contributed by atoms with E-state index in [2.05, 4.69) is 4.98 Å². The molecule has 17 heavy (non-hydrogen) atoms. The van der Waals surface area contributed by atoms with E-state index in [1.807, 2.05) is 36.4 Å². The summed E-state index contributed by atoms with van der Waals surface area (Å²) in [6, 6.07) is 11.9. The number of methoxy groups -OCH3 is 1. The second kappa shape index (κ2) is 5.38. The molecule has 0 aliphatic heterocycles. The summed E-state index contributed by atoms with van der Waals surface area (Å²) in [6.45, 7) is 0. The van der Waals surface area contributed by atoms with Crippen LogP contribution in [0.15, 0.2) is 36.4 Å². The van der Waals surface area contributed by atoms with E-state index in [-0.39, 0.29) is 6.10 Å². The molecule has 0 radical (unpaired) electrons. The Balaban J connectivity index is 2.37. The molecule has 0 amide bonds. The molecule has 2 aromatic rings. The van der Waals surface area contributed by atoms with Crippen molar-refractivity contribution >= 4 is 21.7 Å². The van der Waals surface area contributed by atoms with Crippen LogP contribution in [0.3, 0.4) is 0 Å². The quantitative estimate of drug-likeness (QED) is 0.834. The third-order valence-electron chi connectivity index (χ3n) is 2.62. The third kappa shape index (κ3) is 2.90. The van der Waals surface area contributed by atoms with Crippen LogP contribution in [0.2, 0.25) is 0 Å². The molecule has 0 fully saturated rings. The fourth-order valence-electron chi connectivity index (χ4n) is 1.75. The van der Waals surface area contributed by atoms with Crippen molar-refractivity contribution in [1.29, 1.82) is 0 Å². The van der Waals surface area contributed by atoms with Crippen molar-refractivity contribution < 1.29 is 8.95 Å². The second-order valence-corrected chi connectivity index (χ2v) is 5.37. The van der Waals surface area contributed by atoms with Gasteiger partial charge in [0, 0.05) is 29.6 Å². The molecule has 0 aliphatic rings. The maximum Gasteiger partial charge on any atom is 0.111 e. The molecule has 0 saturated carbocycles. The van der Waals surface area contributed by atoms with Crippen LogP contribution in [-0.2, 0) is 15.5 Å². The van der Waals surface area contributed by atoms with E-state index in [0.29, 0.717) is 5.75 Å². The molecule has 1 aromatic heterocycles. The second-order valence-electron chi connectivity index (χ2n) is 3.89. The van der Waals surface area contributed by atoms with Gasteiger partial charge in [0.2, 0.25) is 0 Å². The number of hydrogen-bond acceptors (Lipinski definition) is 3. The zero-order chi connectivity index (χ0) is 12.3. The maximum absolute atomic E-state index is 11.3. The molecule has 0 bridgehead atoms. The summed E-state index contributed by atoms with van der Waals surface area (Å²) in [6.07, 6.45) is 1.47. The topological polar surface area (TPSA) is 39.2 Å². The highest BCUT2D eigenvalue weighted by molar-refractivity contribution is 7.84. The van der Waals surface area contributed by atoms with Gasteiger partial charge in [-0.25, -0.2) is 0 Å². The predicted octanol–water partition coefficient (Wildman–Crippen LogP) is 2.30. The van der Waals surface area contributed by atoms with E-state index in [9.17, 15) is 4.21 Å². The molecule has 3 nitrogen and oxygen atoms in total. The molecule has 0 N–H and O–H groups in total. The number of hydrogen-bond donors (Lipinski definition) is 0. The number of para-hydroxylation sites is 1. The first-order valence-corrected chi connectivity index (χ1v) is 7.12. The van der Waals surface area contributed by atoms with Gasteiger partial charge in [0.1, 0.15) is 6.10 Å². The fourth-order valence-corrected chi connectivity index (χ4v) is 2.48. The molecular weight excluding hydrogens is 234 g/mol. The summed E-state index contributed by atoms with van der Waals surface area (Å²) in [7, 11) is 0.725. The number of nitrogens with zero attached hydrogens (tertiary/aromatic N) is 1. The number of fused-ring (bicyclic) bond motifs is 1. The summed E-state index contributed by atoms with van der Waals surface area (Å²) >= 11 is 0. The van der Waals surface area contributed by atoms with Crippen LogP contribution in [0, 0.1) is 0 Å². The van der Waals surface area contributed by atoms with Crippen molar-refractivity contribution in [3.05, 3.63) is 42.1 Å². The van der Waals surface area contributed by atoms with Crippen molar-refractivity contribution in [1.82, 2.24) is 4.98 Å². The van der Waals surface area contributed by atoms with Gasteiger partial charge in [-0.2, -0.15) is 0 Å². The summed E-state index contributed by atoms with van der Waals surface area (Å²) in [5, 5.41) is 1.10. The number of aromatic nitrogens is 1. The van der Waals surface area contributed by atoms with Crippen LogP contribution in [0.4, 0.5) is 0 Å². The highest BCUT2D eigenvalue weighted by atomic mass is 32.2. The highest BCUT2D eigenvalue weighted by Gasteiger charge is 2.14. The van der Waals surface area contributed by atoms with E-state index in [1.165, 1.54) is 0 Å². The molecule has 0 spiro atoms. The minimum atomic E-state index is -0.895. The first-order chi connectivity index (χ1) is 8.20. The van der Waals surface area contributed by atoms with Crippen molar-refractivity contribution in [2.45, 2.75) is 6.10 Å². The Kier molecular flexibility index (Phi) is 3.86. The standard InChI is InChI=1S/C13H15NO2S/c1-16-13(9-17(2)15)12-8-7-10-5-3-4-6-11(10)14-12/h3-8,13H,9H2,1-2H3/t13-,17+/m1/s1. The van der Waals surface area contributed by atoms with Crippen LogP contribution in [-0.4, -0.2) is 28.3 Å². The van der Waals surface area contributed by atoms with Crippen LogP contribution >= 0.6 is 0 Å². The SMILES string of the molecule is CO[C@H](C[S@](C)=O)c1ccc2ccccc2n1. The molecule has 90 valence electrons. The fraction of sp³-hybridized carbons (Fsp3) is 0.308. The molecule has 1 heterocycles. The van der Waals surface area contributed by atoms with Crippen LogP contribution in [0.1, 0.15) is 11.8 Å². The van der Waals surface area contributed by atoms with E-state index in [4.69, 9.17) is 4.74 Å². The van der Waals surface area contributed by atoms with Crippen LogP contribution in [0.5, 0.6) is 0 Å². The lowest BCUT2D eigenvalue weighted by Crippen LogP contribution is -2.12. The van der Waals surface area contributed by atoms with E-state index in [1.54, 1.807) is 13.4 Å². The predicted molar refractivity (Wildman–Crippen MR) is 70.4 cm³/mol. The van der Waals surface area contributed by atoms with Gasteiger partial charge >= 0.3 is 0 Å². The van der Waals surface area contributed by atoms with Crippen LogP contribution < -0.4 is 0 Å². The Morgan fingerprint density at radius 1 is 1.29 bits per heavy atom. The summed E-state index contributed by atoms with van der Waals surface area (Å²) in [4.78, 5) is 4.54. The lowest BCUT2D eigenvalue weighted by atomic mass is 10.1. The first-order valence-electron chi connectivity index (χ1n) is 5.39. The molecule has 0 aliphatic carbocycles. The van der Waals surface area contributed by atoms with E-state index >= 15 is 0 Å². The average molecular weight is 249 g/mol. The monoisotopic (exact) mass is 249 g/mol. The lowest BCUT2D eigenvalue weighted by molar-refractivity contribution is 0.119. The van der Waals surface area contributed by atoms with Gasteiger partial charge in [-0.05, 0) is 12.1 Å². The van der Waals surface area contributed by atoms with Crippen molar-refractivity contribution in [2.75, 3.05) is 19.1 Å².